The van der Waals surface area contributed by atoms with E-state index in [9.17, 15) is 4.79 Å². The van der Waals surface area contributed by atoms with Gasteiger partial charge < -0.3 is 5.73 Å². The number of rotatable bonds is 5. The van der Waals surface area contributed by atoms with Crippen molar-refractivity contribution in [2.24, 2.45) is 0 Å². The molecule has 0 unspecified atom stereocenters. The maximum atomic E-state index is 11.9. The van der Waals surface area contributed by atoms with Crippen molar-refractivity contribution in [2.45, 2.75) is 11.3 Å². The molecule has 2 rings (SSSR count). The van der Waals surface area contributed by atoms with E-state index in [4.69, 9.17) is 17.3 Å². The van der Waals surface area contributed by atoms with Crippen molar-refractivity contribution in [2.75, 3.05) is 11.5 Å². The summed E-state index contributed by atoms with van der Waals surface area (Å²) in [5.41, 5.74) is 6.46. The van der Waals surface area contributed by atoms with Gasteiger partial charge in [-0.1, -0.05) is 23.7 Å². The normalized spacial score (nSPS) is 10.4. The van der Waals surface area contributed by atoms with E-state index in [1.807, 2.05) is 24.3 Å². The number of ketones is 1. The molecule has 19 heavy (non-hydrogen) atoms. The minimum absolute atomic E-state index is 0.135. The molecule has 0 saturated carbocycles. The number of thioether (sulfide) groups is 1. The molecule has 0 aliphatic rings. The summed E-state index contributed by atoms with van der Waals surface area (Å²) in [6.07, 6.45) is 1.98. The molecule has 2 aromatic rings. The van der Waals surface area contributed by atoms with Crippen molar-refractivity contribution in [3.05, 3.63) is 53.2 Å². The molecule has 0 amide bonds. The van der Waals surface area contributed by atoms with Crippen molar-refractivity contribution in [3.63, 3.8) is 0 Å². The number of halogens is 1. The van der Waals surface area contributed by atoms with Gasteiger partial charge in [-0.25, -0.2) is 4.98 Å². The lowest BCUT2D eigenvalue weighted by molar-refractivity contribution is -0.116. The second-order valence-corrected chi connectivity index (χ2v) is 5.45. The van der Waals surface area contributed by atoms with Crippen LogP contribution < -0.4 is 5.73 Å². The van der Waals surface area contributed by atoms with Gasteiger partial charge in [-0.15, -0.1) is 11.8 Å². The number of nitrogens with two attached hydrogens (primary N) is 1. The third kappa shape index (κ3) is 4.26. The molecule has 98 valence electrons. The lowest BCUT2D eigenvalue weighted by Gasteiger charge is -2.04. The summed E-state index contributed by atoms with van der Waals surface area (Å²) in [6, 6.07) is 11.0. The molecule has 2 N–H and O–H groups in total. The number of hydrogen-bond acceptors (Lipinski definition) is 4. The molecule has 1 heterocycles. The first-order valence-electron chi connectivity index (χ1n) is 5.74. The minimum atomic E-state index is 0.135. The Morgan fingerprint density at radius 2 is 2.11 bits per heavy atom. The molecule has 0 radical (unpaired) electrons. The fourth-order valence-electron chi connectivity index (χ4n) is 1.60. The first-order valence-corrected chi connectivity index (χ1v) is 7.11. The second-order valence-electron chi connectivity index (χ2n) is 4.02. The van der Waals surface area contributed by atoms with Gasteiger partial charge in [0, 0.05) is 17.5 Å². The Morgan fingerprint density at radius 3 is 2.84 bits per heavy atom. The van der Waals surface area contributed by atoms with Gasteiger partial charge in [0.25, 0.3) is 0 Å². The molecule has 0 fully saturated rings. The van der Waals surface area contributed by atoms with Crippen LogP contribution in [0, 0.1) is 0 Å². The largest absolute Gasteiger partial charge is 0.384 e. The Balaban J connectivity index is 1.90. The molecule has 3 nitrogen and oxygen atoms in total. The van der Waals surface area contributed by atoms with Crippen LogP contribution in [0.1, 0.15) is 5.56 Å². The smallest absolute Gasteiger partial charge is 0.147 e. The Bertz CT molecular complexity index is 589. The third-order valence-corrected chi connectivity index (χ3v) is 4.05. The minimum Gasteiger partial charge on any atom is -0.384 e. The van der Waals surface area contributed by atoms with E-state index in [1.165, 1.54) is 11.8 Å². The molecule has 0 aliphatic carbocycles. The number of nitrogens with zero attached hydrogens (tertiary/aromatic N) is 1. The molecule has 0 spiro atoms. The van der Waals surface area contributed by atoms with Gasteiger partial charge in [0.1, 0.15) is 11.6 Å². The fourth-order valence-corrected chi connectivity index (χ4v) is 2.70. The van der Waals surface area contributed by atoms with Gasteiger partial charge in [0.15, 0.2) is 0 Å². The highest BCUT2D eigenvalue weighted by Gasteiger charge is 2.07. The van der Waals surface area contributed by atoms with E-state index in [1.54, 1.807) is 18.3 Å². The van der Waals surface area contributed by atoms with E-state index in [0.717, 1.165) is 10.5 Å². The average molecular weight is 293 g/mol. The van der Waals surface area contributed by atoms with Crippen LogP contribution in [0.5, 0.6) is 0 Å². The Hall–Kier alpha value is -1.52. The zero-order valence-corrected chi connectivity index (χ0v) is 11.7. The van der Waals surface area contributed by atoms with Crippen LogP contribution >= 0.6 is 23.4 Å². The first kappa shape index (κ1) is 13.9. The van der Waals surface area contributed by atoms with E-state index in [0.29, 0.717) is 23.0 Å². The van der Waals surface area contributed by atoms with Crippen molar-refractivity contribution >= 4 is 35.0 Å². The van der Waals surface area contributed by atoms with Crippen LogP contribution in [0.25, 0.3) is 0 Å². The maximum absolute atomic E-state index is 11.9. The SMILES string of the molecule is Nc1cc(CC(=O)CSc2ccccc2Cl)ccn1. The second kappa shape index (κ2) is 6.59. The summed E-state index contributed by atoms with van der Waals surface area (Å²) < 4.78 is 0. The highest BCUT2D eigenvalue weighted by Crippen LogP contribution is 2.26. The van der Waals surface area contributed by atoms with Crippen LogP contribution in [0.3, 0.4) is 0 Å². The van der Waals surface area contributed by atoms with Crippen LogP contribution in [-0.4, -0.2) is 16.5 Å². The molecule has 0 atom stereocenters. The number of benzene rings is 1. The van der Waals surface area contributed by atoms with Crippen LogP contribution in [-0.2, 0) is 11.2 Å². The summed E-state index contributed by atoms with van der Waals surface area (Å²) in [7, 11) is 0. The average Bonchev–Trinajstić information content (AvgIpc) is 2.38. The Labute approximate surface area is 121 Å². The lowest BCUT2D eigenvalue weighted by atomic mass is 10.1. The number of pyridine rings is 1. The van der Waals surface area contributed by atoms with Crippen molar-refractivity contribution < 1.29 is 4.79 Å². The fraction of sp³-hybridized carbons (Fsp3) is 0.143. The molecule has 0 bridgehead atoms. The summed E-state index contributed by atoms with van der Waals surface area (Å²) in [4.78, 5) is 16.7. The van der Waals surface area contributed by atoms with E-state index in [2.05, 4.69) is 4.98 Å². The predicted octanol–water partition coefficient (Wildman–Crippen LogP) is 3.22. The zero-order valence-electron chi connectivity index (χ0n) is 10.2. The van der Waals surface area contributed by atoms with Crippen molar-refractivity contribution in [3.8, 4) is 0 Å². The van der Waals surface area contributed by atoms with Gasteiger partial charge in [-0.05, 0) is 29.8 Å². The molecule has 0 saturated heterocycles. The van der Waals surface area contributed by atoms with Crippen LogP contribution in [0.2, 0.25) is 5.02 Å². The zero-order chi connectivity index (χ0) is 13.7. The van der Waals surface area contributed by atoms with Gasteiger partial charge in [-0.3, -0.25) is 4.79 Å². The van der Waals surface area contributed by atoms with Crippen molar-refractivity contribution in [1.29, 1.82) is 0 Å². The van der Waals surface area contributed by atoms with Crippen molar-refractivity contribution in [1.82, 2.24) is 4.98 Å². The van der Waals surface area contributed by atoms with Crippen LogP contribution in [0.4, 0.5) is 5.82 Å². The highest BCUT2D eigenvalue weighted by atomic mass is 35.5. The maximum Gasteiger partial charge on any atom is 0.147 e. The molecule has 5 heteroatoms. The number of carbonyl (C=O) groups is 1. The number of nitrogen functional groups attached to an aromatic ring is 1. The van der Waals surface area contributed by atoms with Crippen LogP contribution in [0.15, 0.2) is 47.5 Å². The molecular weight excluding hydrogens is 280 g/mol. The summed E-state index contributed by atoms with van der Waals surface area (Å²) in [6.45, 7) is 0. The number of carbonyl (C=O) groups excluding carboxylic acids is 1. The first-order chi connectivity index (χ1) is 9.15. The highest BCUT2D eigenvalue weighted by molar-refractivity contribution is 8.00. The number of aromatic nitrogens is 1. The number of anilines is 1. The topological polar surface area (TPSA) is 56.0 Å². The molecule has 1 aromatic carbocycles. The molecule has 1 aromatic heterocycles. The summed E-state index contributed by atoms with van der Waals surface area (Å²) >= 11 is 7.48. The Kier molecular flexibility index (Phi) is 4.82. The van der Waals surface area contributed by atoms with Gasteiger partial charge in [-0.2, -0.15) is 0 Å². The lowest BCUT2D eigenvalue weighted by Crippen LogP contribution is -2.06. The van der Waals surface area contributed by atoms with Gasteiger partial charge >= 0.3 is 0 Å². The van der Waals surface area contributed by atoms with E-state index < -0.39 is 0 Å². The summed E-state index contributed by atoms with van der Waals surface area (Å²) in [5, 5.41) is 0.674. The monoisotopic (exact) mass is 292 g/mol. The number of Topliss-reactive ketones (excluding diaryl/α,β-unsaturated/α-hetero) is 1. The van der Waals surface area contributed by atoms with E-state index >= 15 is 0 Å². The quantitative estimate of drug-likeness (QED) is 0.860. The van der Waals surface area contributed by atoms with Gasteiger partial charge in [0.05, 0.1) is 10.8 Å². The number of hydrogen-bond donors (Lipinski definition) is 1. The van der Waals surface area contributed by atoms with Gasteiger partial charge in [0.2, 0.25) is 0 Å². The Morgan fingerprint density at radius 1 is 1.32 bits per heavy atom. The predicted molar refractivity (Wildman–Crippen MR) is 79.5 cm³/mol. The third-order valence-electron chi connectivity index (χ3n) is 2.47. The molecular formula is C14H13ClN2OS. The standard InChI is InChI=1S/C14H13ClN2OS/c15-12-3-1-2-4-13(12)19-9-11(18)7-10-5-6-17-14(16)8-10/h1-6,8H,7,9H2,(H2,16,17). The summed E-state index contributed by atoms with van der Waals surface area (Å²) in [5.74, 6) is 0.964. The van der Waals surface area contributed by atoms with E-state index in [-0.39, 0.29) is 5.78 Å². The molecule has 0 aliphatic heterocycles.